The van der Waals surface area contributed by atoms with Crippen molar-refractivity contribution < 1.29 is 0 Å². The summed E-state index contributed by atoms with van der Waals surface area (Å²) in [5, 5.41) is 19.3. The first-order chi connectivity index (χ1) is 40.5. The number of allylic oxidation sites excluding steroid dienone is 6. The van der Waals surface area contributed by atoms with Gasteiger partial charge in [0.1, 0.15) is 16.1 Å². The third-order valence-corrected chi connectivity index (χ3v) is 28.3. The Morgan fingerprint density at radius 1 is 0.298 bits per heavy atom. The molecule has 0 saturated heterocycles. The molecule has 0 atom stereocenters. The minimum Gasteiger partial charge on any atom is -0.192 e. The second-order valence-corrected chi connectivity index (χ2v) is 33.8. The lowest BCUT2D eigenvalue weighted by molar-refractivity contribution is 0.838. The molecule has 0 unspecified atom stereocenters. The van der Waals surface area contributed by atoms with Crippen LogP contribution in [0.15, 0.2) is 203 Å². The number of hydrogen-bond donors (Lipinski definition) is 0. The van der Waals surface area contributed by atoms with Gasteiger partial charge in [0.2, 0.25) is 0 Å². The van der Waals surface area contributed by atoms with Crippen molar-refractivity contribution in [1.82, 2.24) is 0 Å². The first-order valence-corrected chi connectivity index (χ1v) is 33.4. The van der Waals surface area contributed by atoms with Gasteiger partial charge in [-0.2, -0.15) is 10.5 Å². The Balaban J connectivity index is 1.77. The highest BCUT2D eigenvalue weighted by Crippen LogP contribution is 2.42. The van der Waals surface area contributed by atoms with E-state index >= 15 is 0 Å². The number of nitriles is 2. The second-order valence-electron chi connectivity index (χ2n) is 22.6. The van der Waals surface area contributed by atoms with E-state index < -0.39 is 16.1 Å². The van der Waals surface area contributed by atoms with Gasteiger partial charge < -0.3 is 0 Å². The van der Waals surface area contributed by atoms with Gasteiger partial charge in [-0.3, -0.25) is 0 Å². The molecular formula is C80H70N2Si2. The van der Waals surface area contributed by atoms with Crippen LogP contribution in [0.5, 0.6) is 0 Å². The van der Waals surface area contributed by atoms with Gasteiger partial charge in [-0.05, 0) is 128 Å². The first kappa shape index (κ1) is 61.8. The fourth-order valence-electron chi connectivity index (χ4n) is 11.5. The van der Waals surface area contributed by atoms with Crippen LogP contribution >= 0.6 is 0 Å². The van der Waals surface area contributed by atoms with Gasteiger partial charge in [0.05, 0.1) is 56.7 Å². The van der Waals surface area contributed by atoms with Crippen molar-refractivity contribution in [2.24, 2.45) is 0 Å². The molecule has 0 bridgehead atoms. The zero-order valence-corrected chi connectivity index (χ0v) is 52.5. The van der Waals surface area contributed by atoms with Crippen molar-refractivity contribution in [3.05, 3.63) is 248 Å². The molecule has 0 radical (unpaired) electrons. The predicted molar refractivity (Wildman–Crippen MR) is 357 cm³/mol. The lowest BCUT2D eigenvalue weighted by Crippen LogP contribution is -2.43. The standard InChI is InChI=1S/C80H70N2Si2/c1-59(2)83(60(3)4,61(5)6)55-53-72(54-56-84(62(7)8,63(9)10)64(11)12)71-47-51-77(79(73-25-17-13-18-26-73)74-27-19-14-20-28-74)49-45-70(46-50-78(52-48-71)80(75-29-21-15-22-30-75)76-31-23-16-24-32-76)69(43-41-65-33-37-67(57-81)38-34-65)44-42-66-35-39-68(58-82)40-36-66/h13-40,59-64H,1-12H3. The van der Waals surface area contributed by atoms with E-state index in [4.69, 9.17) is 0 Å². The smallest absolute Gasteiger partial charge is 0.146 e. The highest BCUT2D eigenvalue weighted by atomic mass is 28.3. The molecule has 0 N–H and O–H groups in total. The van der Waals surface area contributed by atoms with Crippen LogP contribution in [0.1, 0.15) is 128 Å². The number of nitrogens with zero attached hydrogens (tertiary/aromatic N) is 2. The lowest BCUT2D eigenvalue weighted by Gasteiger charge is -2.38. The molecule has 408 valence electrons. The molecule has 0 amide bonds. The number of rotatable bonds is 10. The van der Waals surface area contributed by atoms with E-state index in [1.165, 1.54) is 0 Å². The first-order valence-electron chi connectivity index (χ1n) is 28.9. The monoisotopic (exact) mass is 1110 g/mol. The van der Waals surface area contributed by atoms with E-state index in [1.807, 2.05) is 97.1 Å². The summed E-state index contributed by atoms with van der Waals surface area (Å²) in [4.78, 5) is 0. The minimum atomic E-state index is -2.34. The minimum absolute atomic E-state index is 0.348. The summed E-state index contributed by atoms with van der Waals surface area (Å²) in [6.45, 7) is 28.0. The Bertz CT molecular complexity index is 3750. The molecule has 7 rings (SSSR count). The molecule has 0 spiro atoms. The molecule has 0 saturated carbocycles. The third-order valence-electron chi connectivity index (χ3n) is 15.7. The topological polar surface area (TPSA) is 47.6 Å². The molecule has 84 heavy (non-hydrogen) atoms. The van der Waals surface area contributed by atoms with Gasteiger partial charge in [0.15, 0.2) is 0 Å². The molecule has 0 aromatic heterocycles. The molecular weight excluding hydrogens is 1050 g/mol. The quantitative estimate of drug-likeness (QED) is 0.101. The maximum Gasteiger partial charge on any atom is 0.146 e. The molecule has 1 aliphatic rings. The summed E-state index contributed by atoms with van der Waals surface area (Å²) in [5.74, 6) is 50.0. The molecule has 1 aliphatic carbocycles. The van der Waals surface area contributed by atoms with Crippen molar-refractivity contribution in [1.29, 1.82) is 10.5 Å². The van der Waals surface area contributed by atoms with E-state index in [0.29, 0.717) is 88.9 Å². The Kier molecular flexibility index (Phi) is 21.5. The van der Waals surface area contributed by atoms with Crippen LogP contribution in [0.2, 0.25) is 33.2 Å². The van der Waals surface area contributed by atoms with E-state index in [1.54, 1.807) is 24.3 Å². The fraction of sp³-hybridized carbons (Fsp3) is 0.225. The van der Waals surface area contributed by atoms with Crippen molar-refractivity contribution in [2.45, 2.75) is 116 Å². The lowest BCUT2D eigenvalue weighted by atomic mass is 9.92. The van der Waals surface area contributed by atoms with Crippen LogP contribution in [0.4, 0.5) is 0 Å². The van der Waals surface area contributed by atoms with Crippen LogP contribution < -0.4 is 0 Å². The summed E-state index contributed by atoms with van der Waals surface area (Å²) in [6, 6.07) is 59.4. The summed E-state index contributed by atoms with van der Waals surface area (Å²) in [7, 11) is -4.68. The van der Waals surface area contributed by atoms with Crippen LogP contribution in [0, 0.1) is 117 Å². The fourth-order valence-corrected chi connectivity index (χ4v) is 21.9. The highest BCUT2D eigenvalue weighted by Gasteiger charge is 2.43. The normalized spacial score (nSPS) is 11.7. The molecule has 2 nitrogen and oxygen atoms in total. The summed E-state index contributed by atoms with van der Waals surface area (Å²) < 4.78 is 0. The second kappa shape index (κ2) is 29.2. The zero-order chi connectivity index (χ0) is 60.2. The van der Waals surface area contributed by atoms with Gasteiger partial charge in [-0.15, -0.1) is 11.1 Å². The summed E-state index contributed by atoms with van der Waals surface area (Å²) in [5.41, 5.74) is 21.0. The third kappa shape index (κ3) is 15.0. The average Bonchev–Trinajstić information content (AvgIpc) is 3.70. The highest BCUT2D eigenvalue weighted by molar-refractivity contribution is 6.91. The molecule has 0 heterocycles. The molecule has 6 aromatic rings. The zero-order valence-electron chi connectivity index (χ0n) is 50.5. The van der Waals surface area contributed by atoms with Gasteiger partial charge in [-0.25, -0.2) is 0 Å². The number of hydrogen-bond acceptors (Lipinski definition) is 2. The van der Waals surface area contributed by atoms with E-state index in [-0.39, 0.29) is 0 Å². The summed E-state index contributed by atoms with van der Waals surface area (Å²) >= 11 is 0. The van der Waals surface area contributed by atoms with E-state index in [0.717, 1.165) is 33.4 Å². The van der Waals surface area contributed by atoms with Gasteiger partial charge in [-0.1, -0.05) is 264 Å². The molecule has 0 aliphatic heterocycles. The maximum absolute atomic E-state index is 9.63. The van der Waals surface area contributed by atoms with Crippen LogP contribution in [-0.4, -0.2) is 16.1 Å². The van der Waals surface area contributed by atoms with Crippen molar-refractivity contribution in [2.75, 3.05) is 0 Å². The molecule has 6 aromatic carbocycles. The van der Waals surface area contributed by atoms with Crippen LogP contribution in [0.25, 0.3) is 11.1 Å². The molecule has 0 fully saturated rings. The van der Waals surface area contributed by atoms with Gasteiger partial charge in [0, 0.05) is 22.3 Å². The Hall–Kier alpha value is -9.83. The number of benzene rings is 6. The van der Waals surface area contributed by atoms with Crippen molar-refractivity contribution >= 4 is 27.3 Å². The van der Waals surface area contributed by atoms with Crippen LogP contribution in [-0.2, 0) is 0 Å². The van der Waals surface area contributed by atoms with Gasteiger partial charge in [0.25, 0.3) is 0 Å². The Morgan fingerprint density at radius 2 is 0.524 bits per heavy atom. The van der Waals surface area contributed by atoms with E-state index in [2.05, 4.69) is 238 Å². The largest absolute Gasteiger partial charge is 0.192 e. The van der Waals surface area contributed by atoms with Gasteiger partial charge >= 0.3 is 0 Å². The van der Waals surface area contributed by atoms with Crippen LogP contribution in [0.3, 0.4) is 0 Å². The SMILES string of the molecule is CC(C)[Si](C#CC(C#C[Si](C(C)C)(C(C)C)C(C)C)=C1C#CC(=C(c2ccccc2)c2ccccc2)C#CC(=C(C#Cc2ccc(C#N)cc2)C#Cc2ccc(C#N)cc2)C#CC(=C(c2ccccc2)c2ccccc2)C#C1)(C(C)C)C(C)C. The van der Waals surface area contributed by atoms with Crippen molar-refractivity contribution in [3.8, 4) is 106 Å². The Morgan fingerprint density at radius 3 is 0.762 bits per heavy atom. The summed E-state index contributed by atoms with van der Waals surface area (Å²) in [6.07, 6.45) is 0. The predicted octanol–water partition coefficient (Wildman–Crippen LogP) is 17.9. The molecule has 4 heteroatoms. The van der Waals surface area contributed by atoms with Crippen molar-refractivity contribution in [3.63, 3.8) is 0 Å². The maximum atomic E-state index is 9.63. The average molecular weight is 1120 g/mol. The Labute approximate surface area is 505 Å². The van der Waals surface area contributed by atoms with E-state index in [9.17, 15) is 10.5 Å².